The monoisotopic (exact) mass is 294 g/mol. The second-order valence-corrected chi connectivity index (χ2v) is 5.39. The number of pyridine rings is 1. The third kappa shape index (κ3) is 5.64. The van der Waals surface area contributed by atoms with E-state index in [9.17, 15) is 0 Å². The maximum absolute atomic E-state index is 5.49. The largest absolute Gasteiger partial charge is 0.496 e. The zero-order valence-electron chi connectivity index (χ0n) is 14.2. The summed E-state index contributed by atoms with van der Waals surface area (Å²) in [5.41, 5.74) is 3.35. The van der Waals surface area contributed by atoms with Gasteiger partial charge in [0.15, 0.2) is 0 Å². The van der Waals surface area contributed by atoms with E-state index in [1.165, 1.54) is 0 Å². The van der Waals surface area contributed by atoms with E-state index in [4.69, 9.17) is 9.47 Å². The van der Waals surface area contributed by atoms with Crippen molar-refractivity contribution < 1.29 is 9.47 Å². The predicted octanol–water partition coefficient (Wildman–Crippen LogP) is 3.04. The van der Waals surface area contributed by atoms with Crippen molar-refractivity contribution in [3.8, 4) is 5.75 Å². The Balaban J connectivity index is 2.77. The molecule has 21 heavy (non-hydrogen) atoms. The molecule has 1 heterocycles. The van der Waals surface area contributed by atoms with Crippen LogP contribution in [-0.4, -0.2) is 37.9 Å². The van der Waals surface area contributed by atoms with E-state index in [2.05, 4.69) is 24.1 Å². The molecule has 4 nitrogen and oxygen atoms in total. The lowest BCUT2D eigenvalue weighted by atomic mass is 10.0. The zero-order chi connectivity index (χ0) is 15.7. The van der Waals surface area contributed by atoms with Gasteiger partial charge in [-0.3, -0.25) is 4.98 Å². The number of aryl methyl sites for hydroxylation is 1. The smallest absolute Gasteiger partial charge is 0.128 e. The molecule has 4 heteroatoms. The molecule has 1 N–H and O–H groups in total. The van der Waals surface area contributed by atoms with Crippen LogP contribution in [-0.2, 0) is 11.2 Å². The molecule has 1 aromatic heterocycles. The van der Waals surface area contributed by atoms with Crippen LogP contribution in [0.15, 0.2) is 6.20 Å². The van der Waals surface area contributed by atoms with E-state index < -0.39 is 0 Å². The summed E-state index contributed by atoms with van der Waals surface area (Å²) in [6.45, 7) is 10.9. The van der Waals surface area contributed by atoms with Gasteiger partial charge in [0.05, 0.1) is 7.11 Å². The molecular weight excluding hydrogens is 264 g/mol. The van der Waals surface area contributed by atoms with Crippen molar-refractivity contribution in [3.63, 3.8) is 0 Å². The van der Waals surface area contributed by atoms with Crippen LogP contribution >= 0.6 is 0 Å². The Morgan fingerprint density at radius 2 is 2.05 bits per heavy atom. The van der Waals surface area contributed by atoms with Gasteiger partial charge in [0.25, 0.3) is 0 Å². The molecule has 0 fully saturated rings. The first-order valence-corrected chi connectivity index (χ1v) is 7.94. The lowest BCUT2D eigenvalue weighted by Gasteiger charge is -2.20. The fourth-order valence-electron chi connectivity index (χ4n) is 2.50. The molecule has 0 aliphatic carbocycles. The van der Waals surface area contributed by atoms with E-state index in [-0.39, 0.29) is 0 Å². The summed E-state index contributed by atoms with van der Waals surface area (Å²) in [4.78, 5) is 4.60. The first-order valence-electron chi connectivity index (χ1n) is 7.94. The van der Waals surface area contributed by atoms with Crippen LogP contribution in [0.2, 0.25) is 0 Å². The van der Waals surface area contributed by atoms with Crippen LogP contribution in [0.4, 0.5) is 0 Å². The third-order valence-corrected chi connectivity index (χ3v) is 3.69. The van der Waals surface area contributed by atoms with Crippen LogP contribution < -0.4 is 10.1 Å². The summed E-state index contributed by atoms with van der Waals surface area (Å²) in [5.74, 6) is 0.957. The molecule has 0 aliphatic heterocycles. The van der Waals surface area contributed by atoms with Gasteiger partial charge >= 0.3 is 0 Å². The number of hydrogen-bond donors (Lipinski definition) is 1. The first kappa shape index (κ1) is 17.9. The Kier molecular flexibility index (Phi) is 8.31. The molecule has 0 aliphatic rings. The van der Waals surface area contributed by atoms with Crippen molar-refractivity contribution in [2.45, 2.75) is 53.0 Å². The number of hydrogen-bond acceptors (Lipinski definition) is 4. The highest BCUT2D eigenvalue weighted by atomic mass is 16.5. The number of nitrogens with zero attached hydrogens (tertiary/aromatic N) is 1. The Labute approximate surface area is 129 Å². The molecule has 0 radical (unpaired) electrons. The van der Waals surface area contributed by atoms with Gasteiger partial charge in [-0.1, -0.05) is 6.92 Å². The number of methoxy groups -OCH3 is 1. The second kappa shape index (κ2) is 9.74. The minimum atomic E-state index is 0.398. The second-order valence-electron chi connectivity index (χ2n) is 5.39. The normalized spacial score (nSPS) is 12.4. The molecule has 1 atom stereocenters. The molecule has 0 saturated carbocycles. The zero-order valence-corrected chi connectivity index (χ0v) is 14.2. The molecule has 1 rings (SSSR count). The van der Waals surface area contributed by atoms with Crippen molar-refractivity contribution >= 4 is 0 Å². The van der Waals surface area contributed by atoms with Gasteiger partial charge in [-0.05, 0) is 40.2 Å². The van der Waals surface area contributed by atoms with Crippen LogP contribution in [0.3, 0.4) is 0 Å². The minimum absolute atomic E-state index is 0.398. The molecule has 1 aromatic rings. The SMILES string of the molecule is CCCNC(CCOCC)Cc1ncc(C)c(OC)c1C. The summed E-state index contributed by atoms with van der Waals surface area (Å²) >= 11 is 0. The molecule has 0 bridgehead atoms. The van der Waals surface area contributed by atoms with Crippen molar-refractivity contribution in [1.29, 1.82) is 0 Å². The van der Waals surface area contributed by atoms with Crippen molar-refractivity contribution in [2.24, 2.45) is 0 Å². The van der Waals surface area contributed by atoms with E-state index in [1.54, 1.807) is 7.11 Å². The molecule has 0 saturated heterocycles. The first-order chi connectivity index (χ1) is 10.1. The van der Waals surface area contributed by atoms with E-state index in [1.807, 2.05) is 20.0 Å². The topological polar surface area (TPSA) is 43.4 Å². The number of aromatic nitrogens is 1. The molecule has 0 amide bonds. The Morgan fingerprint density at radius 1 is 1.29 bits per heavy atom. The Hall–Kier alpha value is -1.13. The van der Waals surface area contributed by atoms with Gasteiger partial charge in [-0.2, -0.15) is 0 Å². The highest BCUT2D eigenvalue weighted by Crippen LogP contribution is 2.24. The fourth-order valence-corrected chi connectivity index (χ4v) is 2.50. The maximum Gasteiger partial charge on any atom is 0.128 e. The highest BCUT2D eigenvalue weighted by Gasteiger charge is 2.15. The van der Waals surface area contributed by atoms with E-state index in [0.29, 0.717) is 6.04 Å². The molecule has 0 spiro atoms. The summed E-state index contributed by atoms with van der Waals surface area (Å²) in [6, 6.07) is 0.398. The lowest BCUT2D eigenvalue weighted by molar-refractivity contribution is 0.136. The third-order valence-electron chi connectivity index (χ3n) is 3.69. The van der Waals surface area contributed by atoms with Crippen LogP contribution in [0, 0.1) is 13.8 Å². The van der Waals surface area contributed by atoms with Gasteiger partial charge in [0, 0.05) is 48.7 Å². The average Bonchev–Trinajstić information content (AvgIpc) is 2.48. The molecule has 0 aromatic carbocycles. The van der Waals surface area contributed by atoms with E-state index in [0.717, 1.165) is 61.6 Å². The highest BCUT2D eigenvalue weighted by molar-refractivity contribution is 5.41. The molecule has 120 valence electrons. The predicted molar refractivity (Wildman–Crippen MR) is 87.2 cm³/mol. The Morgan fingerprint density at radius 3 is 2.67 bits per heavy atom. The van der Waals surface area contributed by atoms with Crippen LogP contribution in [0.1, 0.15) is 43.5 Å². The van der Waals surface area contributed by atoms with Gasteiger partial charge in [0.2, 0.25) is 0 Å². The summed E-state index contributed by atoms with van der Waals surface area (Å²) in [6.07, 6.45) is 4.95. The number of rotatable bonds is 10. The lowest BCUT2D eigenvalue weighted by Crippen LogP contribution is -2.33. The van der Waals surface area contributed by atoms with Gasteiger partial charge in [-0.15, -0.1) is 0 Å². The Bertz CT molecular complexity index is 421. The molecule has 1 unspecified atom stereocenters. The van der Waals surface area contributed by atoms with Crippen molar-refractivity contribution in [1.82, 2.24) is 10.3 Å². The average molecular weight is 294 g/mol. The summed E-state index contributed by atoms with van der Waals surface area (Å²) < 4.78 is 11.0. The summed E-state index contributed by atoms with van der Waals surface area (Å²) in [5, 5.41) is 3.60. The molecular formula is C17H30N2O2. The van der Waals surface area contributed by atoms with Crippen LogP contribution in [0.5, 0.6) is 5.75 Å². The quantitative estimate of drug-likeness (QED) is 0.674. The van der Waals surface area contributed by atoms with E-state index >= 15 is 0 Å². The van der Waals surface area contributed by atoms with Gasteiger partial charge < -0.3 is 14.8 Å². The van der Waals surface area contributed by atoms with Crippen molar-refractivity contribution in [2.75, 3.05) is 26.9 Å². The summed E-state index contributed by atoms with van der Waals surface area (Å²) in [7, 11) is 1.72. The fraction of sp³-hybridized carbons (Fsp3) is 0.706. The standard InChI is InChI=1S/C17H30N2O2/c1-6-9-18-15(8-10-21-7-2)11-16-14(4)17(20-5)13(3)12-19-16/h12,15,18H,6-11H2,1-5H3. The van der Waals surface area contributed by atoms with Gasteiger partial charge in [0.1, 0.15) is 5.75 Å². The van der Waals surface area contributed by atoms with Crippen LogP contribution in [0.25, 0.3) is 0 Å². The van der Waals surface area contributed by atoms with Gasteiger partial charge in [-0.25, -0.2) is 0 Å². The minimum Gasteiger partial charge on any atom is -0.496 e. The maximum atomic E-state index is 5.49. The van der Waals surface area contributed by atoms with Crippen molar-refractivity contribution in [3.05, 3.63) is 23.0 Å². The number of nitrogens with one attached hydrogen (secondary N) is 1. The number of ether oxygens (including phenoxy) is 2.